The van der Waals surface area contributed by atoms with E-state index in [0.29, 0.717) is 0 Å². The highest BCUT2D eigenvalue weighted by molar-refractivity contribution is 6.31. The van der Waals surface area contributed by atoms with Crippen molar-refractivity contribution in [1.82, 2.24) is 0 Å². The molecule has 1 aromatic rings. The predicted molar refractivity (Wildman–Crippen MR) is 46.7 cm³/mol. The van der Waals surface area contributed by atoms with Gasteiger partial charge in [0.05, 0.1) is 0 Å². The van der Waals surface area contributed by atoms with Crippen LogP contribution < -0.4 is 5.73 Å². The van der Waals surface area contributed by atoms with Crippen molar-refractivity contribution in [3.05, 3.63) is 34.3 Å². The molecule has 1 aliphatic carbocycles. The summed E-state index contributed by atoms with van der Waals surface area (Å²) < 4.78 is 0. The van der Waals surface area contributed by atoms with Gasteiger partial charge in [-0.25, -0.2) is 0 Å². The van der Waals surface area contributed by atoms with E-state index in [4.69, 9.17) is 17.3 Å². The van der Waals surface area contributed by atoms with Crippen molar-refractivity contribution in [3.63, 3.8) is 0 Å². The molecule has 0 unspecified atom stereocenters. The van der Waals surface area contributed by atoms with Gasteiger partial charge in [0, 0.05) is 11.1 Å². The number of benzene rings is 1. The zero-order valence-electron chi connectivity index (χ0n) is 6.18. The van der Waals surface area contributed by atoms with Crippen LogP contribution in [0.15, 0.2) is 18.2 Å². The standard InChI is InChI=1S/C9H10ClN/c10-8-3-1-2-7-6(8)4-5-9(7)11/h1-3,9H,4-5,11H2/t9-/m1/s1. The van der Waals surface area contributed by atoms with E-state index in [1.165, 1.54) is 11.1 Å². The maximum Gasteiger partial charge on any atom is 0.0441 e. The van der Waals surface area contributed by atoms with Crippen molar-refractivity contribution in [1.29, 1.82) is 0 Å². The molecule has 0 heterocycles. The van der Waals surface area contributed by atoms with E-state index in [0.717, 1.165) is 17.9 Å². The Bertz CT molecular complexity index is 283. The molecule has 0 saturated carbocycles. The largest absolute Gasteiger partial charge is 0.324 e. The van der Waals surface area contributed by atoms with Crippen molar-refractivity contribution >= 4 is 11.6 Å². The molecule has 0 spiro atoms. The fraction of sp³-hybridized carbons (Fsp3) is 0.333. The lowest BCUT2D eigenvalue weighted by atomic mass is 10.1. The van der Waals surface area contributed by atoms with E-state index in [-0.39, 0.29) is 6.04 Å². The Balaban J connectivity index is 2.57. The predicted octanol–water partition coefficient (Wildman–Crippen LogP) is 2.29. The third-order valence-corrected chi connectivity index (χ3v) is 2.61. The molecular formula is C9H10ClN. The van der Waals surface area contributed by atoms with Crippen LogP contribution in [0.25, 0.3) is 0 Å². The second-order valence-corrected chi connectivity index (χ2v) is 3.36. The van der Waals surface area contributed by atoms with Gasteiger partial charge in [0.1, 0.15) is 0 Å². The molecule has 0 amide bonds. The molecule has 2 N–H and O–H groups in total. The van der Waals surface area contributed by atoms with Gasteiger partial charge in [-0.1, -0.05) is 23.7 Å². The summed E-state index contributed by atoms with van der Waals surface area (Å²) in [6.07, 6.45) is 2.08. The molecule has 0 aromatic heterocycles. The smallest absolute Gasteiger partial charge is 0.0441 e. The Hall–Kier alpha value is -0.530. The fourth-order valence-electron chi connectivity index (χ4n) is 1.64. The summed E-state index contributed by atoms with van der Waals surface area (Å²) in [5.74, 6) is 0. The van der Waals surface area contributed by atoms with Crippen molar-refractivity contribution < 1.29 is 0 Å². The van der Waals surface area contributed by atoms with Gasteiger partial charge in [0.15, 0.2) is 0 Å². The van der Waals surface area contributed by atoms with Gasteiger partial charge in [-0.3, -0.25) is 0 Å². The zero-order chi connectivity index (χ0) is 7.84. The van der Waals surface area contributed by atoms with Gasteiger partial charge in [0.2, 0.25) is 0 Å². The van der Waals surface area contributed by atoms with Gasteiger partial charge in [0.25, 0.3) is 0 Å². The Labute approximate surface area is 71.2 Å². The average molecular weight is 168 g/mol. The lowest BCUT2D eigenvalue weighted by Gasteiger charge is -2.03. The second kappa shape index (κ2) is 2.50. The van der Waals surface area contributed by atoms with E-state index < -0.39 is 0 Å². The van der Waals surface area contributed by atoms with Crippen LogP contribution in [0.2, 0.25) is 5.02 Å². The number of fused-ring (bicyclic) bond motifs is 1. The summed E-state index contributed by atoms with van der Waals surface area (Å²) in [5, 5.41) is 0.871. The first kappa shape index (κ1) is 7.14. The molecule has 1 atom stereocenters. The zero-order valence-corrected chi connectivity index (χ0v) is 6.93. The normalized spacial score (nSPS) is 21.8. The molecule has 1 aliphatic rings. The van der Waals surface area contributed by atoms with Gasteiger partial charge in [-0.15, -0.1) is 0 Å². The molecule has 1 aromatic carbocycles. The van der Waals surface area contributed by atoms with Crippen molar-refractivity contribution in [2.24, 2.45) is 5.73 Å². The molecule has 1 nitrogen and oxygen atoms in total. The second-order valence-electron chi connectivity index (χ2n) is 2.95. The lowest BCUT2D eigenvalue weighted by Crippen LogP contribution is -2.04. The van der Waals surface area contributed by atoms with Crippen LogP contribution in [-0.4, -0.2) is 0 Å². The molecule has 0 radical (unpaired) electrons. The maximum absolute atomic E-state index is 5.98. The summed E-state index contributed by atoms with van der Waals surface area (Å²) in [6.45, 7) is 0. The van der Waals surface area contributed by atoms with E-state index in [1.54, 1.807) is 0 Å². The molecule has 11 heavy (non-hydrogen) atoms. The molecule has 0 fully saturated rings. The van der Waals surface area contributed by atoms with Crippen LogP contribution in [0.5, 0.6) is 0 Å². The molecule has 58 valence electrons. The number of nitrogens with two attached hydrogens (primary N) is 1. The third-order valence-electron chi connectivity index (χ3n) is 2.26. The quantitative estimate of drug-likeness (QED) is 0.631. The van der Waals surface area contributed by atoms with Gasteiger partial charge in [-0.05, 0) is 30.0 Å². The summed E-state index contributed by atoms with van der Waals surface area (Å²) in [7, 11) is 0. The summed E-state index contributed by atoms with van der Waals surface area (Å²) >= 11 is 5.98. The van der Waals surface area contributed by atoms with E-state index in [9.17, 15) is 0 Å². The number of rotatable bonds is 0. The SMILES string of the molecule is N[C@@H]1CCc2c(Cl)cccc21. The first-order chi connectivity index (χ1) is 5.29. The van der Waals surface area contributed by atoms with Crippen molar-refractivity contribution in [2.75, 3.05) is 0 Å². The Morgan fingerprint density at radius 2 is 2.27 bits per heavy atom. The topological polar surface area (TPSA) is 26.0 Å². The minimum atomic E-state index is 0.212. The number of hydrogen-bond acceptors (Lipinski definition) is 1. The summed E-state index contributed by atoms with van der Waals surface area (Å²) in [6, 6.07) is 6.17. The summed E-state index contributed by atoms with van der Waals surface area (Å²) in [5.41, 5.74) is 8.34. The molecule has 0 bridgehead atoms. The lowest BCUT2D eigenvalue weighted by molar-refractivity contribution is 0.713. The highest BCUT2D eigenvalue weighted by Gasteiger charge is 2.20. The average Bonchev–Trinajstić information content (AvgIpc) is 2.35. The highest BCUT2D eigenvalue weighted by atomic mass is 35.5. The van der Waals surface area contributed by atoms with E-state index >= 15 is 0 Å². The molecular weight excluding hydrogens is 158 g/mol. The summed E-state index contributed by atoms with van der Waals surface area (Å²) in [4.78, 5) is 0. The monoisotopic (exact) mass is 167 g/mol. The number of hydrogen-bond donors (Lipinski definition) is 1. The first-order valence-electron chi connectivity index (χ1n) is 3.82. The van der Waals surface area contributed by atoms with Gasteiger partial charge in [-0.2, -0.15) is 0 Å². The Morgan fingerprint density at radius 3 is 3.00 bits per heavy atom. The number of halogens is 1. The molecule has 2 heteroatoms. The Kier molecular flexibility index (Phi) is 1.63. The maximum atomic E-state index is 5.98. The van der Waals surface area contributed by atoms with Crippen molar-refractivity contribution in [2.45, 2.75) is 18.9 Å². The van der Waals surface area contributed by atoms with Crippen LogP contribution in [0, 0.1) is 0 Å². The van der Waals surface area contributed by atoms with Gasteiger partial charge >= 0.3 is 0 Å². The minimum Gasteiger partial charge on any atom is -0.324 e. The first-order valence-corrected chi connectivity index (χ1v) is 4.19. The van der Waals surface area contributed by atoms with Crippen LogP contribution >= 0.6 is 11.6 Å². The highest BCUT2D eigenvalue weighted by Crippen LogP contribution is 2.33. The van der Waals surface area contributed by atoms with E-state index in [1.807, 2.05) is 12.1 Å². The van der Waals surface area contributed by atoms with Crippen LogP contribution in [-0.2, 0) is 6.42 Å². The third kappa shape index (κ3) is 1.05. The van der Waals surface area contributed by atoms with Crippen LogP contribution in [0.3, 0.4) is 0 Å². The Morgan fingerprint density at radius 1 is 1.45 bits per heavy atom. The van der Waals surface area contributed by atoms with Crippen LogP contribution in [0.4, 0.5) is 0 Å². The van der Waals surface area contributed by atoms with Gasteiger partial charge < -0.3 is 5.73 Å². The van der Waals surface area contributed by atoms with Crippen LogP contribution in [0.1, 0.15) is 23.6 Å². The molecule has 0 saturated heterocycles. The van der Waals surface area contributed by atoms with E-state index in [2.05, 4.69) is 6.07 Å². The minimum absolute atomic E-state index is 0.212. The molecule has 0 aliphatic heterocycles. The fourth-order valence-corrected chi connectivity index (χ4v) is 1.92. The van der Waals surface area contributed by atoms with Crippen molar-refractivity contribution in [3.8, 4) is 0 Å². The molecule has 2 rings (SSSR count).